The van der Waals surface area contributed by atoms with Crippen molar-refractivity contribution in [3.63, 3.8) is 0 Å². The highest BCUT2D eigenvalue weighted by atomic mass is 32.1. The first kappa shape index (κ1) is 20.8. The molecule has 1 aromatic carbocycles. The number of hydrogen-bond donors (Lipinski definition) is 1. The number of anilines is 1. The number of amides is 1. The van der Waals surface area contributed by atoms with E-state index in [1.165, 1.54) is 11.3 Å². The number of ether oxygens (including phenoxy) is 1. The van der Waals surface area contributed by atoms with Crippen molar-refractivity contribution in [3.05, 3.63) is 76.6 Å². The minimum Gasteiger partial charge on any atom is -0.462 e. The maximum absolute atomic E-state index is 12.8. The Kier molecular flexibility index (Phi) is 5.86. The van der Waals surface area contributed by atoms with Crippen molar-refractivity contribution in [2.75, 3.05) is 11.9 Å². The SMILES string of the molecule is CCOC(=O)c1c(NC(=O)Cc2cn3ccc(C)cc3n2)sc(C)c1-c1ccccc1. The van der Waals surface area contributed by atoms with Gasteiger partial charge in [0.15, 0.2) is 0 Å². The van der Waals surface area contributed by atoms with Gasteiger partial charge in [0.2, 0.25) is 5.91 Å². The average molecular weight is 434 g/mol. The van der Waals surface area contributed by atoms with E-state index in [-0.39, 0.29) is 18.9 Å². The summed E-state index contributed by atoms with van der Waals surface area (Å²) < 4.78 is 7.19. The second-order valence-corrected chi connectivity index (χ2v) is 8.48. The lowest BCUT2D eigenvalue weighted by Gasteiger charge is -2.09. The third-order valence-electron chi connectivity index (χ3n) is 4.89. The van der Waals surface area contributed by atoms with E-state index >= 15 is 0 Å². The number of imidazole rings is 1. The van der Waals surface area contributed by atoms with Gasteiger partial charge in [-0.2, -0.15) is 0 Å². The van der Waals surface area contributed by atoms with E-state index in [2.05, 4.69) is 10.3 Å². The van der Waals surface area contributed by atoms with E-state index < -0.39 is 5.97 Å². The molecular formula is C24H23N3O3S. The maximum Gasteiger partial charge on any atom is 0.341 e. The van der Waals surface area contributed by atoms with Gasteiger partial charge in [-0.1, -0.05) is 30.3 Å². The fraction of sp³-hybridized carbons (Fsp3) is 0.208. The van der Waals surface area contributed by atoms with Crippen LogP contribution >= 0.6 is 11.3 Å². The summed E-state index contributed by atoms with van der Waals surface area (Å²) in [5.41, 5.74) is 4.67. The van der Waals surface area contributed by atoms with Crippen molar-refractivity contribution in [1.29, 1.82) is 0 Å². The van der Waals surface area contributed by atoms with Crippen LogP contribution in [-0.4, -0.2) is 27.9 Å². The summed E-state index contributed by atoms with van der Waals surface area (Å²) >= 11 is 1.38. The molecule has 0 bridgehead atoms. The molecule has 0 unspecified atom stereocenters. The number of rotatable bonds is 6. The third-order valence-corrected chi connectivity index (χ3v) is 5.91. The van der Waals surface area contributed by atoms with Gasteiger partial charge < -0.3 is 14.5 Å². The van der Waals surface area contributed by atoms with Crippen molar-refractivity contribution >= 4 is 33.9 Å². The maximum atomic E-state index is 12.8. The number of esters is 1. The van der Waals surface area contributed by atoms with E-state index in [0.717, 1.165) is 27.2 Å². The topological polar surface area (TPSA) is 72.7 Å². The number of nitrogens with zero attached hydrogens (tertiary/aromatic N) is 2. The largest absolute Gasteiger partial charge is 0.462 e. The van der Waals surface area contributed by atoms with Crippen LogP contribution in [0.25, 0.3) is 16.8 Å². The molecule has 1 N–H and O–H groups in total. The number of aryl methyl sites for hydroxylation is 2. The first-order valence-electron chi connectivity index (χ1n) is 10.1. The Bertz CT molecular complexity index is 1260. The fourth-order valence-electron chi connectivity index (χ4n) is 3.54. The molecule has 3 aromatic heterocycles. The highest BCUT2D eigenvalue weighted by Gasteiger charge is 2.25. The fourth-order valence-corrected chi connectivity index (χ4v) is 4.62. The van der Waals surface area contributed by atoms with Gasteiger partial charge in [0.25, 0.3) is 0 Å². The second-order valence-electron chi connectivity index (χ2n) is 7.25. The summed E-state index contributed by atoms with van der Waals surface area (Å²) in [4.78, 5) is 31.1. The van der Waals surface area contributed by atoms with Crippen LogP contribution in [0.3, 0.4) is 0 Å². The molecule has 4 aromatic rings. The van der Waals surface area contributed by atoms with Crippen LogP contribution in [0, 0.1) is 13.8 Å². The normalized spacial score (nSPS) is 10.9. The van der Waals surface area contributed by atoms with Gasteiger partial charge in [-0.15, -0.1) is 11.3 Å². The predicted molar refractivity (Wildman–Crippen MR) is 123 cm³/mol. The quantitative estimate of drug-likeness (QED) is 0.433. The molecule has 0 fully saturated rings. The van der Waals surface area contributed by atoms with Crippen molar-refractivity contribution in [3.8, 4) is 11.1 Å². The van der Waals surface area contributed by atoms with Crippen molar-refractivity contribution < 1.29 is 14.3 Å². The van der Waals surface area contributed by atoms with E-state index in [4.69, 9.17) is 4.74 Å². The predicted octanol–water partition coefficient (Wildman–Crippen LogP) is 5.04. The van der Waals surface area contributed by atoms with Gasteiger partial charge in [0, 0.05) is 22.8 Å². The standard InChI is InChI=1S/C24H23N3O3S/c1-4-30-24(29)22-21(17-8-6-5-7-9-17)16(3)31-23(22)26-20(28)13-18-14-27-11-10-15(2)12-19(27)25-18/h5-12,14H,4,13H2,1-3H3,(H,26,28). The number of fused-ring (bicyclic) bond motifs is 1. The molecule has 0 aliphatic rings. The molecule has 158 valence electrons. The van der Waals surface area contributed by atoms with Crippen molar-refractivity contribution in [2.45, 2.75) is 27.2 Å². The summed E-state index contributed by atoms with van der Waals surface area (Å²) in [7, 11) is 0. The Labute approximate surface area is 184 Å². The monoisotopic (exact) mass is 433 g/mol. The average Bonchev–Trinajstić information content (AvgIpc) is 3.27. The molecule has 31 heavy (non-hydrogen) atoms. The first-order valence-corrected chi connectivity index (χ1v) is 10.9. The smallest absolute Gasteiger partial charge is 0.341 e. The van der Waals surface area contributed by atoms with E-state index in [0.29, 0.717) is 16.3 Å². The molecule has 0 aliphatic carbocycles. The van der Waals surface area contributed by atoms with Gasteiger partial charge in [-0.25, -0.2) is 9.78 Å². The number of benzene rings is 1. The van der Waals surface area contributed by atoms with Crippen LogP contribution in [0.1, 0.15) is 33.4 Å². The number of carbonyl (C=O) groups is 2. The number of thiophene rings is 1. The molecule has 4 rings (SSSR count). The first-order chi connectivity index (χ1) is 15.0. The summed E-state index contributed by atoms with van der Waals surface area (Å²) in [5, 5.41) is 3.41. The van der Waals surface area contributed by atoms with Crippen LogP contribution in [0.2, 0.25) is 0 Å². The van der Waals surface area contributed by atoms with Gasteiger partial charge in [0.1, 0.15) is 16.2 Å². The second kappa shape index (κ2) is 8.73. The summed E-state index contributed by atoms with van der Waals surface area (Å²) in [6.07, 6.45) is 3.88. The lowest BCUT2D eigenvalue weighted by Crippen LogP contribution is -2.16. The molecule has 0 atom stereocenters. The van der Waals surface area contributed by atoms with Crippen LogP contribution in [0.4, 0.5) is 5.00 Å². The summed E-state index contributed by atoms with van der Waals surface area (Å²) in [5.74, 6) is -0.671. The van der Waals surface area contributed by atoms with E-state index in [9.17, 15) is 9.59 Å². The Morgan fingerprint density at radius 3 is 2.68 bits per heavy atom. The zero-order valence-electron chi connectivity index (χ0n) is 17.6. The van der Waals surface area contributed by atoms with Crippen LogP contribution in [0.15, 0.2) is 54.9 Å². The zero-order chi connectivity index (χ0) is 22.0. The number of pyridine rings is 1. The highest BCUT2D eigenvalue weighted by molar-refractivity contribution is 7.17. The molecule has 3 heterocycles. The summed E-state index contributed by atoms with van der Waals surface area (Å²) in [6, 6.07) is 13.6. The van der Waals surface area contributed by atoms with Gasteiger partial charge in [0.05, 0.1) is 18.7 Å². The van der Waals surface area contributed by atoms with Gasteiger partial charge >= 0.3 is 5.97 Å². The number of carbonyl (C=O) groups excluding carboxylic acids is 2. The van der Waals surface area contributed by atoms with Gasteiger partial charge in [-0.05, 0) is 44.0 Å². The highest BCUT2D eigenvalue weighted by Crippen LogP contribution is 2.40. The molecule has 0 saturated carbocycles. The van der Waals surface area contributed by atoms with Gasteiger partial charge in [-0.3, -0.25) is 4.79 Å². The molecule has 0 aliphatic heterocycles. The Balaban J connectivity index is 1.63. The molecule has 0 radical (unpaired) electrons. The van der Waals surface area contributed by atoms with Crippen molar-refractivity contribution in [2.24, 2.45) is 0 Å². The van der Waals surface area contributed by atoms with Crippen LogP contribution in [-0.2, 0) is 16.0 Å². The number of hydrogen-bond acceptors (Lipinski definition) is 5. The summed E-state index contributed by atoms with van der Waals surface area (Å²) in [6.45, 7) is 5.97. The minimum absolute atomic E-state index is 0.112. The number of nitrogens with one attached hydrogen (secondary N) is 1. The Morgan fingerprint density at radius 1 is 1.16 bits per heavy atom. The third kappa shape index (κ3) is 4.36. The molecule has 0 saturated heterocycles. The van der Waals surface area contributed by atoms with Crippen LogP contribution < -0.4 is 5.32 Å². The molecule has 1 amide bonds. The molecule has 6 nitrogen and oxygen atoms in total. The van der Waals surface area contributed by atoms with Crippen molar-refractivity contribution in [1.82, 2.24) is 9.38 Å². The molecular weight excluding hydrogens is 410 g/mol. The molecule has 7 heteroatoms. The van der Waals surface area contributed by atoms with E-state index in [1.807, 2.05) is 73.1 Å². The number of aromatic nitrogens is 2. The van der Waals surface area contributed by atoms with Crippen LogP contribution in [0.5, 0.6) is 0 Å². The lowest BCUT2D eigenvalue weighted by molar-refractivity contribution is -0.115. The lowest BCUT2D eigenvalue weighted by atomic mass is 10.0. The zero-order valence-corrected chi connectivity index (χ0v) is 18.5. The molecule has 0 spiro atoms. The Morgan fingerprint density at radius 2 is 1.94 bits per heavy atom. The minimum atomic E-state index is -0.441. The van der Waals surface area contributed by atoms with E-state index in [1.54, 1.807) is 6.92 Å². The Hall–Kier alpha value is -3.45.